The Morgan fingerprint density at radius 3 is 1.35 bits per heavy atom. The second-order valence-corrected chi connectivity index (χ2v) is 3.48. The molecular weight excluding hydrogens is 276 g/mol. The molecule has 9 heteroatoms. The maximum atomic E-state index is 11.1. The lowest BCUT2D eigenvalue weighted by Crippen LogP contribution is -2.18. The van der Waals surface area contributed by atoms with Crippen molar-refractivity contribution in [3.05, 3.63) is 28.3 Å². The molecule has 106 valence electrons. The number of rotatable bonds is 5. The van der Waals surface area contributed by atoms with Gasteiger partial charge in [0, 0.05) is 0 Å². The zero-order valence-electron chi connectivity index (χ0n) is 9.91. The lowest BCUT2D eigenvalue weighted by Gasteiger charge is -2.13. The van der Waals surface area contributed by atoms with Crippen molar-refractivity contribution in [3.63, 3.8) is 0 Å². The number of aromatic carboxylic acids is 4. The molecule has 0 unspecified atom stereocenters. The average Bonchev–Trinajstić information content (AvgIpc) is 2.34. The van der Waals surface area contributed by atoms with E-state index in [9.17, 15) is 19.2 Å². The van der Waals surface area contributed by atoms with Gasteiger partial charge in [0.1, 0.15) is 16.9 Å². The van der Waals surface area contributed by atoms with Crippen LogP contribution in [0.2, 0.25) is 0 Å². The Labute approximate surface area is 110 Å². The van der Waals surface area contributed by atoms with E-state index in [0.29, 0.717) is 6.07 Å². The van der Waals surface area contributed by atoms with Crippen molar-refractivity contribution >= 4 is 23.9 Å². The van der Waals surface area contributed by atoms with E-state index in [1.807, 2.05) is 0 Å². The molecule has 0 aromatic heterocycles. The molecule has 0 atom stereocenters. The molecule has 1 aromatic rings. The Bertz CT molecular complexity index is 579. The van der Waals surface area contributed by atoms with Crippen molar-refractivity contribution in [1.29, 1.82) is 0 Å². The Morgan fingerprint density at radius 1 is 0.800 bits per heavy atom. The van der Waals surface area contributed by atoms with Crippen molar-refractivity contribution in [3.8, 4) is 5.75 Å². The van der Waals surface area contributed by atoms with E-state index >= 15 is 0 Å². The maximum absolute atomic E-state index is 11.1. The summed E-state index contributed by atoms with van der Waals surface area (Å²) in [6.07, 6.45) is 0. The molecule has 0 spiro atoms. The van der Waals surface area contributed by atoms with Crippen LogP contribution in [0.25, 0.3) is 0 Å². The Kier molecular flexibility index (Phi) is 3.94. The highest BCUT2D eigenvalue weighted by Crippen LogP contribution is 2.31. The van der Waals surface area contributed by atoms with Gasteiger partial charge in [-0.25, -0.2) is 19.2 Å². The highest BCUT2D eigenvalue weighted by atomic mass is 16.5. The Hall–Kier alpha value is -3.10. The van der Waals surface area contributed by atoms with Crippen molar-refractivity contribution in [2.75, 3.05) is 7.11 Å². The van der Waals surface area contributed by atoms with E-state index in [-0.39, 0.29) is 0 Å². The van der Waals surface area contributed by atoms with Gasteiger partial charge in [-0.1, -0.05) is 0 Å². The molecule has 0 saturated carbocycles. The monoisotopic (exact) mass is 284 g/mol. The molecule has 0 fully saturated rings. The molecule has 0 amide bonds. The fourth-order valence-corrected chi connectivity index (χ4v) is 1.62. The van der Waals surface area contributed by atoms with Crippen LogP contribution in [0.5, 0.6) is 5.75 Å². The van der Waals surface area contributed by atoms with Crippen LogP contribution < -0.4 is 4.74 Å². The normalized spacial score (nSPS) is 9.85. The summed E-state index contributed by atoms with van der Waals surface area (Å²) < 4.78 is 4.59. The van der Waals surface area contributed by atoms with Gasteiger partial charge in [0.2, 0.25) is 0 Å². The van der Waals surface area contributed by atoms with Gasteiger partial charge in [-0.05, 0) is 6.07 Å². The second kappa shape index (κ2) is 5.26. The first kappa shape index (κ1) is 15.0. The molecule has 0 aliphatic carbocycles. The number of carboxylic acids is 4. The number of benzene rings is 1. The first-order valence-corrected chi connectivity index (χ1v) is 4.90. The van der Waals surface area contributed by atoms with Gasteiger partial charge in [0.25, 0.3) is 0 Å². The molecule has 1 aromatic carbocycles. The van der Waals surface area contributed by atoms with Gasteiger partial charge in [0.15, 0.2) is 0 Å². The summed E-state index contributed by atoms with van der Waals surface area (Å²) in [5, 5.41) is 35.8. The van der Waals surface area contributed by atoms with E-state index in [0.717, 1.165) is 7.11 Å². The van der Waals surface area contributed by atoms with Crippen LogP contribution in [0.15, 0.2) is 6.07 Å². The van der Waals surface area contributed by atoms with Crippen molar-refractivity contribution in [2.24, 2.45) is 0 Å². The van der Waals surface area contributed by atoms with Crippen LogP contribution in [0.1, 0.15) is 41.4 Å². The van der Waals surface area contributed by atoms with Crippen molar-refractivity contribution < 1.29 is 44.3 Å². The fraction of sp³-hybridized carbons (Fsp3) is 0.0909. The predicted octanol–water partition coefficient (Wildman–Crippen LogP) is 0.488. The van der Waals surface area contributed by atoms with Crippen molar-refractivity contribution in [1.82, 2.24) is 0 Å². The number of hydrogen-bond acceptors (Lipinski definition) is 5. The van der Waals surface area contributed by atoms with Gasteiger partial charge in [-0.2, -0.15) is 0 Å². The van der Waals surface area contributed by atoms with Gasteiger partial charge < -0.3 is 25.2 Å². The van der Waals surface area contributed by atoms with Crippen LogP contribution in [0, 0.1) is 0 Å². The molecule has 0 radical (unpaired) electrons. The molecule has 20 heavy (non-hydrogen) atoms. The standard InChI is InChI=1S/C11H8O9/c1-20-7-5(10(16)17)3(8(12)13)2-4(9(14)15)6(7)11(18)19/h2H,1H3,(H,12,13)(H,14,15)(H,16,17)(H,18,19). The van der Waals surface area contributed by atoms with Crippen LogP contribution >= 0.6 is 0 Å². The third-order valence-electron chi connectivity index (χ3n) is 2.37. The van der Waals surface area contributed by atoms with Crippen LogP contribution in [-0.4, -0.2) is 51.4 Å². The molecule has 1 rings (SSSR count). The number of methoxy groups -OCH3 is 1. The smallest absolute Gasteiger partial charge is 0.340 e. The predicted molar refractivity (Wildman–Crippen MR) is 60.8 cm³/mol. The first-order chi connectivity index (χ1) is 9.22. The second-order valence-electron chi connectivity index (χ2n) is 3.48. The fourth-order valence-electron chi connectivity index (χ4n) is 1.62. The molecule has 0 aliphatic rings. The topological polar surface area (TPSA) is 158 Å². The largest absolute Gasteiger partial charge is 0.495 e. The number of carbonyl (C=O) groups is 4. The number of hydrogen-bond donors (Lipinski definition) is 4. The summed E-state index contributed by atoms with van der Waals surface area (Å²) in [7, 11) is 0.908. The third kappa shape index (κ3) is 2.36. The summed E-state index contributed by atoms with van der Waals surface area (Å²) in [5.74, 6) is -7.78. The van der Waals surface area contributed by atoms with Crippen LogP contribution in [0.4, 0.5) is 0 Å². The molecule has 0 heterocycles. The lowest BCUT2D eigenvalue weighted by molar-refractivity contribution is 0.0630. The number of carboxylic acid groups (broad SMARTS) is 4. The van der Waals surface area contributed by atoms with Gasteiger partial charge in [-0.15, -0.1) is 0 Å². The van der Waals surface area contributed by atoms with E-state index in [2.05, 4.69) is 4.74 Å². The lowest BCUT2D eigenvalue weighted by atomic mass is 9.96. The van der Waals surface area contributed by atoms with E-state index in [4.69, 9.17) is 20.4 Å². The van der Waals surface area contributed by atoms with Gasteiger partial charge >= 0.3 is 23.9 Å². The average molecular weight is 284 g/mol. The Morgan fingerprint density at radius 2 is 1.15 bits per heavy atom. The van der Waals surface area contributed by atoms with Gasteiger partial charge in [0.05, 0.1) is 18.2 Å². The minimum atomic E-state index is -1.75. The SMILES string of the molecule is COc1c(C(=O)O)c(C(=O)O)cc(C(=O)O)c1C(=O)O. The van der Waals surface area contributed by atoms with Crippen LogP contribution in [0.3, 0.4) is 0 Å². The maximum Gasteiger partial charge on any atom is 0.340 e. The molecule has 0 bridgehead atoms. The third-order valence-corrected chi connectivity index (χ3v) is 2.37. The van der Waals surface area contributed by atoms with Gasteiger partial charge in [-0.3, -0.25) is 0 Å². The molecule has 4 N–H and O–H groups in total. The molecule has 0 saturated heterocycles. The zero-order valence-corrected chi connectivity index (χ0v) is 9.91. The highest BCUT2D eigenvalue weighted by molar-refractivity contribution is 6.12. The van der Waals surface area contributed by atoms with E-state index in [1.54, 1.807) is 0 Å². The summed E-state index contributed by atoms with van der Waals surface area (Å²) in [5.41, 5.74) is -3.61. The van der Waals surface area contributed by atoms with Crippen molar-refractivity contribution in [2.45, 2.75) is 0 Å². The Balaban J connectivity index is 3.99. The zero-order chi connectivity index (χ0) is 15.6. The molecule has 0 aliphatic heterocycles. The summed E-state index contributed by atoms with van der Waals surface area (Å²) >= 11 is 0. The minimum absolute atomic E-state index is 0.472. The minimum Gasteiger partial charge on any atom is -0.495 e. The van der Waals surface area contributed by atoms with E-state index < -0.39 is 51.9 Å². The van der Waals surface area contributed by atoms with Crippen LogP contribution in [-0.2, 0) is 0 Å². The quantitative estimate of drug-likeness (QED) is 0.603. The summed E-state index contributed by atoms with van der Waals surface area (Å²) in [6, 6.07) is 0.472. The molecular formula is C11H8O9. The molecule has 9 nitrogen and oxygen atoms in total. The number of ether oxygens (including phenoxy) is 1. The first-order valence-electron chi connectivity index (χ1n) is 4.90. The van der Waals surface area contributed by atoms with E-state index in [1.165, 1.54) is 0 Å². The summed E-state index contributed by atoms with van der Waals surface area (Å²) in [4.78, 5) is 44.1. The summed E-state index contributed by atoms with van der Waals surface area (Å²) in [6.45, 7) is 0. The highest BCUT2D eigenvalue weighted by Gasteiger charge is 2.31.